The maximum absolute atomic E-state index is 10.8. The summed E-state index contributed by atoms with van der Waals surface area (Å²) in [6.45, 7) is 0.463. The molecule has 2 rings (SSSR count). The highest BCUT2D eigenvalue weighted by Gasteiger charge is 2.36. The van der Waals surface area contributed by atoms with Gasteiger partial charge in [-0.1, -0.05) is 12.2 Å². The topological polar surface area (TPSA) is 61.8 Å². The molecule has 6 heteroatoms. The number of hydrogen-bond donors (Lipinski definition) is 0. The fourth-order valence-corrected chi connectivity index (χ4v) is 1.88. The minimum Gasteiger partial charge on any atom is -0.347 e. The van der Waals surface area contributed by atoms with Gasteiger partial charge in [-0.25, -0.2) is 0 Å². The molecule has 0 saturated carbocycles. The Morgan fingerprint density at radius 3 is 2.92 bits per heavy atom. The molecule has 0 aromatic heterocycles. The van der Waals surface area contributed by atoms with Crippen molar-refractivity contribution in [3.05, 3.63) is 12.2 Å². The summed E-state index contributed by atoms with van der Waals surface area (Å²) in [7, 11) is -3.46. The van der Waals surface area contributed by atoms with Crippen molar-refractivity contribution < 1.29 is 22.1 Å². The van der Waals surface area contributed by atoms with Crippen molar-refractivity contribution in [1.82, 2.24) is 0 Å². The van der Waals surface area contributed by atoms with E-state index in [0.717, 1.165) is 6.26 Å². The van der Waals surface area contributed by atoms with E-state index in [-0.39, 0.29) is 6.10 Å². The van der Waals surface area contributed by atoms with Crippen LogP contribution in [0.25, 0.3) is 0 Å². The van der Waals surface area contributed by atoms with Gasteiger partial charge in [0.15, 0.2) is 6.29 Å². The van der Waals surface area contributed by atoms with E-state index in [1.54, 1.807) is 12.2 Å². The van der Waals surface area contributed by atoms with Crippen LogP contribution in [0.5, 0.6) is 0 Å². The number of ether oxygens (including phenoxy) is 2. The number of hydrogen-bond acceptors (Lipinski definition) is 5. The molecule has 1 saturated heterocycles. The average molecular weight is 206 g/mol. The fraction of sp³-hybridized carbons (Fsp3) is 0.714. The van der Waals surface area contributed by atoms with Crippen LogP contribution in [0, 0.1) is 0 Å². The van der Waals surface area contributed by atoms with Crippen LogP contribution in [0.1, 0.15) is 0 Å². The zero-order valence-electron chi connectivity index (χ0n) is 7.04. The van der Waals surface area contributed by atoms with Crippen molar-refractivity contribution in [2.45, 2.75) is 18.5 Å². The SMILES string of the molecule is CS(=O)(=O)O[C@@H]1C=C[C@H]2CO[C@@H]1O2. The second-order valence-corrected chi connectivity index (χ2v) is 4.63. The van der Waals surface area contributed by atoms with Gasteiger partial charge in [0.05, 0.1) is 12.9 Å². The molecule has 0 unspecified atom stereocenters. The van der Waals surface area contributed by atoms with Crippen molar-refractivity contribution in [3.8, 4) is 0 Å². The van der Waals surface area contributed by atoms with Gasteiger partial charge < -0.3 is 9.47 Å². The van der Waals surface area contributed by atoms with Crippen molar-refractivity contribution in [2.24, 2.45) is 0 Å². The molecule has 3 atom stereocenters. The zero-order chi connectivity index (χ0) is 9.47. The van der Waals surface area contributed by atoms with Crippen molar-refractivity contribution >= 4 is 10.1 Å². The summed E-state index contributed by atoms with van der Waals surface area (Å²) in [6.07, 6.45) is 3.14. The predicted octanol–water partition coefficient (Wildman–Crippen LogP) is -0.358. The first-order chi connectivity index (χ1) is 6.04. The van der Waals surface area contributed by atoms with Crippen LogP contribution in [0.3, 0.4) is 0 Å². The molecular weight excluding hydrogens is 196 g/mol. The molecule has 0 spiro atoms. The van der Waals surface area contributed by atoms with Gasteiger partial charge in [-0.3, -0.25) is 4.18 Å². The summed E-state index contributed by atoms with van der Waals surface area (Å²) in [5, 5.41) is 0. The van der Waals surface area contributed by atoms with Crippen LogP contribution in [0.2, 0.25) is 0 Å². The van der Waals surface area contributed by atoms with Crippen LogP contribution < -0.4 is 0 Å². The average Bonchev–Trinajstić information content (AvgIpc) is 2.37. The lowest BCUT2D eigenvalue weighted by Crippen LogP contribution is -2.33. The predicted molar refractivity (Wildman–Crippen MR) is 43.5 cm³/mol. The van der Waals surface area contributed by atoms with Crippen LogP contribution >= 0.6 is 0 Å². The molecule has 13 heavy (non-hydrogen) atoms. The van der Waals surface area contributed by atoms with Gasteiger partial charge in [0.1, 0.15) is 12.2 Å². The normalized spacial score (nSPS) is 38.1. The molecule has 0 radical (unpaired) electrons. The van der Waals surface area contributed by atoms with E-state index in [4.69, 9.17) is 13.7 Å². The van der Waals surface area contributed by atoms with Gasteiger partial charge in [0.25, 0.3) is 10.1 Å². The Morgan fingerprint density at radius 1 is 1.46 bits per heavy atom. The first-order valence-electron chi connectivity index (χ1n) is 3.88. The first-order valence-corrected chi connectivity index (χ1v) is 5.70. The highest BCUT2D eigenvalue weighted by molar-refractivity contribution is 7.86. The quantitative estimate of drug-likeness (QED) is 0.456. The van der Waals surface area contributed by atoms with Gasteiger partial charge in [-0.2, -0.15) is 8.42 Å². The van der Waals surface area contributed by atoms with Crippen LogP contribution in [-0.4, -0.2) is 39.8 Å². The molecule has 0 aromatic rings. The molecule has 0 aliphatic carbocycles. The Bertz CT molecular complexity index is 320. The van der Waals surface area contributed by atoms with Gasteiger partial charge in [-0.05, 0) is 0 Å². The molecule has 2 aliphatic rings. The molecule has 2 aliphatic heterocycles. The molecule has 5 nitrogen and oxygen atoms in total. The lowest BCUT2D eigenvalue weighted by molar-refractivity contribution is -0.105. The van der Waals surface area contributed by atoms with E-state index < -0.39 is 22.5 Å². The fourth-order valence-electron chi connectivity index (χ4n) is 1.32. The molecular formula is C7H10O5S. The zero-order valence-corrected chi connectivity index (χ0v) is 7.86. The Labute approximate surface area is 76.4 Å². The number of fused-ring (bicyclic) bond motifs is 2. The summed E-state index contributed by atoms with van der Waals surface area (Å²) in [5.41, 5.74) is 0. The van der Waals surface area contributed by atoms with Crippen molar-refractivity contribution in [2.75, 3.05) is 12.9 Å². The van der Waals surface area contributed by atoms with Crippen LogP contribution in [0.15, 0.2) is 12.2 Å². The largest absolute Gasteiger partial charge is 0.347 e. The third kappa shape index (κ3) is 2.08. The highest BCUT2D eigenvalue weighted by atomic mass is 32.2. The monoisotopic (exact) mass is 206 g/mol. The smallest absolute Gasteiger partial charge is 0.265 e. The standard InChI is InChI=1S/C7H10O5S/c1-13(8,9)12-6-3-2-5-4-10-7(6)11-5/h2-3,5-7H,4H2,1H3/t5-,6+,7+/m0/s1. The molecule has 0 amide bonds. The third-order valence-corrected chi connectivity index (χ3v) is 2.38. The second-order valence-electron chi connectivity index (χ2n) is 3.03. The summed E-state index contributed by atoms with van der Waals surface area (Å²) in [5.74, 6) is 0. The molecule has 2 bridgehead atoms. The van der Waals surface area contributed by atoms with E-state index in [1.807, 2.05) is 0 Å². The Kier molecular flexibility index (Phi) is 2.15. The lowest BCUT2D eigenvalue weighted by atomic mass is 10.2. The third-order valence-electron chi connectivity index (χ3n) is 1.80. The molecule has 2 heterocycles. The van der Waals surface area contributed by atoms with E-state index in [9.17, 15) is 8.42 Å². The summed E-state index contributed by atoms with van der Waals surface area (Å²) in [4.78, 5) is 0. The maximum Gasteiger partial charge on any atom is 0.265 e. The molecule has 74 valence electrons. The van der Waals surface area contributed by atoms with E-state index in [2.05, 4.69) is 0 Å². The van der Waals surface area contributed by atoms with E-state index in [0.29, 0.717) is 6.61 Å². The van der Waals surface area contributed by atoms with Gasteiger partial charge in [0.2, 0.25) is 0 Å². The summed E-state index contributed by atoms with van der Waals surface area (Å²) < 4.78 is 36.8. The second kappa shape index (κ2) is 3.06. The first kappa shape index (κ1) is 9.14. The Hall–Kier alpha value is -0.430. The molecule has 0 N–H and O–H groups in total. The van der Waals surface area contributed by atoms with Gasteiger partial charge in [0, 0.05) is 0 Å². The number of rotatable bonds is 2. The van der Waals surface area contributed by atoms with E-state index in [1.165, 1.54) is 0 Å². The molecule has 1 fully saturated rings. The van der Waals surface area contributed by atoms with Crippen LogP contribution in [0.4, 0.5) is 0 Å². The van der Waals surface area contributed by atoms with Crippen molar-refractivity contribution in [1.29, 1.82) is 0 Å². The lowest BCUT2D eigenvalue weighted by Gasteiger charge is -2.21. The minimum atomic E-state index is -3.46. The summed E-state index contributed by atoms with van der Waals surface area (Å²) >= 11 is 0. The highest BCUT2D eigenvalue weighted by Crippen LogP contribution is 2.24. The van der Waals surface area contributed by atoms with Gasteiger partial charge >= 0.3 is 0 Å². The Morgan fingerprint density at radius 2 is 2.23 bits per heavy atom. The molecule has 0 aromatic carbocycles. The van der Waals surface area contributed by atoms with Gasteiger partial charge in [-0.15, -0.1) is 0 Å². The van der Waals surface area contributed by atoms with Crippen LogP contribution in [-0.2, 0) is 23.8 Å². The minimum absolute atomic E-state index is 0.0515. The Balaban J connectivity index is 2.09. The van der Waals surface area contributed by atoms with E-state index >= 15 is 0 Å². The maximum atomic E-state index is 10.8. The van der Waals surface area contributed by atoms with Crippen molar-refractivity contribution in [3.63, 3.8) is 0 Å². The summed E-state index contributed by atoms with van der Waals surface area (Å²) in [6, 6.07) is 0.